The number of ether oxygens (including phenoxy) is 9. The van der Waals surface area contributed by atoms with Crippen LogP contribution in [0.25, 0.3) is 28.4 Å². The van der Waals surface area contributed by atoms with Gasteiger partial charge in [0.25, 0.3) is 0 Å². The minimum Gasteiger partial charge on any atom is -0.508 e. The number of phenols is 6. The predicted octanol–water partition coefficient (Wildman–Crippen LogP) is -3.72. The lowest BCUT2D eigenvalue weighted by atomic mass is 9.97. The molecule has 410 valence electrons. The van der Waals surface area contributed by atoms with Gasteiger partial charge in [-0.2, -0.15) is 0 Å². The fourth-order valence-corrected chi connectivity index (χ4v) is 8.63. The number of aliphatic hydroxyl groups excluding tert-OH is 10. The van der Waals surface area contributed by atoms with E-state index in [2.05, 4.69) is 0 Å². The van der Waals surface area contributed by atoms with E-state index in [0.717, 1.165) is 48.5 Å². The molecular weight excluding hydrogens is 1010 g/mol. The summed E-state index contributed by atoms with van der Waals surface area (Å²) < 4.78 is 58.0. The van der Waals surface area contributed by atoms with Crippen molar-refractivity contribution in [3.8, 4) is 51.6 Å². The summed E-state index contributed by atoms with van der Waals surface area (Å²) in [5.41, 5.74) is -1.57. The fraction of sp³-hybridized carbons (Fsp3) is 0.489. The van der Waals surface area contributed by atoms with Crippen LogP contribution in [-0.4, -0.2) is 224 Å². The molecule has 28 heteroatoms. The van der Waals surface area contributed by atoms with Crippen molar-refractivity contribution < 1.29 is 134 Å². The molecule has 0 unspecified atom stereocenters. The van der Waals surface area contributed by atoms with E-state index in [1.165, 1.54) is 19.1 Å². The van der Waals surface area contributed by atoms with E-state index in [1.807, 2.05) is 0 Å². The van der Waals surface area contributed by atoms with Crippen LogP contribution < -0.4 is 10.2 Å². The van der Waals surface area contributed by atoms with Crippen LogP contribution in [0.15, 0.2) is 63.8 Å². The van der Waals surface area contributed by atoms with Crippen molar-refractivity contribution in [1.82, 2.24) is 0 Å². The number of benzene rings is 3. The van der Waals surface area contributed by atoms with E-state index >= 15 is 0 Å². The van der Waals surface area contributed by atoms with Gasteiger partial charge in [0.05, 0.1) is 25.9 Å². The van der Waals surface area contributed by atoms with Crippen molar-refractivity contribution in [2.24, 2.45) is 0 Å². The largest absolute Gasteiger partial charge is 0.508 e. The fourth-order valence-electron chi connectivity index (χ4n) is 8.63. The maximum atomic E-state index is 14.4. The van der Waals surface area contributed by atoms with Crippen LogP contribution in [0, 0.1) is 0 Å². The van der Waals surface area contributed by atoms with Crippen molar-refractivity contribution in [2.45, 2.75) is 124 Å². The number of phenolic OH excluding ortho intramolecular Hbond substituents is 6. The van der Waals surface area contributed by atoms with Crippen LogP contribution in [0.4, 0.5) is 0 Å². The van der Waals surface area contributed by atoms with E-state index in [-0.39, 0.29) is 11.1 Å². The van der Waals surface area contributed by atoms with Gasteiger partial charge in [0.1, 0.15) is 95.7 Å². The lowest BCUT2D eigenvalue weighted by Gasteiger charge is -2.47. The van der Waals surface area contributed by atoms with Crippen LogP contribution in [-0.2, 0) is 42.7 Å². The van der Waals surface area contributed by atoms with Gasteiger partial charge >= 0.3 is 5.97 Å². The highest BCUT2D eigenvalue weighted by molar-refractivity contribution is 5.89. The molecule has 16 N–H and O–H groups in total. The molecule has 19 atom stereocenters. The molecule has 0 saturated carbocycles. The molecule has 3 aromatic carbocycles. The first-order valence-corrected chi connectivity index (χ1v) is 22.9. The van der Waals surface area contributed by atoms with E-state index in [4.69, 9.17) is 47.0 Å². The first kappa shape index (κ1) is 55.2. The molecular formula is C47H54O28. The number of carbonyl (C=O) groups is 1. The molecule has 4 aromatic rings. The Morgan fingerprint density at radius 3 is 1.99 bits per heavy atom. The predicted molar refractivity (Wildman–Crippen MR) is 242 cm³/mol. The van der Waals surface area contributed by atoms with Crippen LogP contribution in [0.2, 0.25) is 0 Å². The zero-order valence-corrected chi connectivity index (χ0v) is 38.9. The van der Waals surface area contributed by atoms with E-state index < -0.39 is 205 Å². The summed E-state index contributed by atoms with van der Waals surface area (Å²) in [4.78, 5) is 27.6. The molecule has 4 aliphatic heterocycles. The number of carbonyl (C=O) groups excluding carboxylic acids is 1. The van der Waals surface area contributed by atoms with Gasteiger partial charge in [-0.1, -0.05) is 6.07 Å². The van der Waals surface area contributed by atoms with E-state index in [9.17, 15) is 91.3 Å². The molecule has 5 heterocycles. The average molecular weight is 1070 g/mol. The highest BCUT2D eigenvalue weighted by Crippen LogP contribution is 2.41. The van der Waals surface area contributed by atoms with Gasteiger partial charge in [-0.25, -0.2) is 4.79 Å². The molecule has 4 fully saturated rings. The smallest absolute Gasteiger partial charge is 0.331 e. The Kier molecular flexibility index (Phi) is 16.7. The number of hydrogen-bond acceptors (Lipinski definition) is 28. The quantitative estimate of drug-likeness (QED) is 0.0328. The molecule has 4 saturated heterocycles. The highest BCUT2D eigenvalue weighted by Gasteiger charge is 2.54. The van der Waals surface area contributed by atoms with Gasteiger partial charge in [0.15, 0.2) is 59.8 Å². The molecule has 4 aliphatic rings. The number of fused-ring (bicyclic) bond motifs is 1. The molecule has 1 aromatic heterocycles. The summed E-state index contributed by atoms with van der Waals surface area (Å²) in [6.07, 6.45) is -33.7. The summed E-state index contributed by atoms with van der Waals surface area (Å²) in [5.74, 6) is -6.17. The second kappa shape index (κ2) is 22.7. The minimum atomic E-state index is -2.25. The molecule has 8 rings (SSSR count). The van der Waals surface area contributed by atoms with Crippen molar-refractivity contribution in [3.05, 3.63) is 70.4 Å². The third kappa shape index (κ3) is 11.4. The average Bonchev–Trinajstić information content (AvgIpc) is 3.37. The summed E-state index contributed by atoms with van der Waals surface area (Å²) in [7, 11) is 0. The van der Waals surface area contributed by atoms with E-state index in [1.54, 1.807) is 0 Å². The van der Waals surface area contributed by atoms with Gasteiger partial charge in [0.2, 0.25) is 17.5 Å². The monoisotopic (exact) mass is 1070 g/mol. The molecule has 0 aliphatic carbocycles. The summed E-state index contributed by atoms with van der Waals surface area (Å²) in [6.45, 7) is -1.05. The van der Waals surface area contributed by atoms with Crippen LogP contribution >= 0.6 is 0 Å². The van der Waals surface area contributed by atoms with Gasteiger partial charge in [-0.15, -0.1) is 0 Å². The zero-order valence-electron chi connectivity index (χ0n) is 38.9. The SMILES string of the molecule is C[C@@H]1O[C@@H](OC[C@H]2O[C@@H](Oc3c(-c4ccc(O)c(O)c4)oc4cc(O)cc(O)c4c3=O)[C@H](O[C@@H]3O[C@H](CO)[C@@H](O)[C@H](O)[C@H]3O)[C@@H](O)[C@@H]2O)[C@H](O)[C@H](O[C@@H]2OC[C@@H](O)[C@H](O)[C@H]2O)[C@H]1OC(=O)/C=C/c1ccc(O)c(O)c1. The normalized spacial score (nSPS) is 35.4. The first-order valence-electron chi connectivity index (χ1n) is 22.9. The lowest BCUT2D eigenvalue weighted by Crippen LogP contribution is -2.66. The van der Waals surface area contributed by atoms with Crippen molar-refractivity contribution in [1.29, 1.82) is 0 Å². The molecule has 0 radical (unpaired) electrons. The van der Waals surface area contributed by atoms with Gasteiger partial charge < -0.3 is 129 Å². The Balaban J connectivity index is 1.10. The maximum absolute atomic E-state index is 14.4. The summed E-state index contributed by atoms with van der Waals surface area (Å²) >= 11 is 0. The topological polar surface area (TPSA) is 454 Å². The maximum Gasteiger partial charge on any atom is 0.331 e. The Morgan fingerprint density at radius 1 is 0.640 bits per heavy atom. The summed E-state index contributed by atoms with van der Waals surface area (Å²) in [6, 6.07) is 8.48. The second-order valence-electron chi connectivity index (χ2n) is 17.9. The number of aliphatic hydroxyl groups is 10. The second-order valence-corrected chi connectivity index (χ2v) is 17.9. The first-order chi connectivity index (χ1) is 35.6. The standard InChI is InChI=1S/C47H54O28/c1-15-39(72-28(56)7-3-16-2-5-19(50)21(52)8-16)42(73-44-36(63)30(57)24(55)13-66-44)38(65)45(68-15)67-14-27-32(59)35(62)43(75-46-37(64)34(61)31(58)26(12-48)70-46)47(71-27)74-41-33(60)29-23(54)10-18(49)11-25(29)69-40(41)17-4-6-20(51)22(53)9-17/h2-11,15,24,26-27,30-32,34-39,42-55,57-59,61-65H,12-14H2,1H3/b7-3+/t15-,24+,26+,27+,30-,31+,32+,34-,35-,36+,37+,38+,39-,42-,43+,44-,45+,46-,47-/m0/s1. The Hall–Kier alpha value is -6.00. The van der Waals surface area contributed by atoms with Crippen molar-refractivity contribution in [2.75, 3.05) is 19.8 Å². The third-order valence-corrected chi connectivity index (χ3v) is 12.8. The van der Waals surface area contributed by atoms with Crippen LogP contribution in [0.5, 0.6) is 40.2 Å². The molecule has 0 spiro atoms. The Bertz CT molecular complexity index is 2750. The number of rotatable bonds is 14. The van der Waals surface area contributed by atoms with Gasteiger partial charge in [-0.3, -0.25) is 4.79 Å². The molecule has 0 bridgehead atoms. The highest BCUT2D eigenvalue weighted by atomic mass is 16.8. The lowest BCUT2D eigenvalue weighted by molar-refractivity contribution is -0.366. The molecule has 75 heavy (non-hydrogen) atoms. The molecule has 0 amide bonds. The van der Waals surface area contributed by atoms with Gasteiger partial charge in [0, 0.05) is 23.8 Å². The van der Waals surface area contributed by atoms with Crippen molar-refractivity contribution in [3.63, 3.8) is 0 Å². The van der Waals surface area contributed by atoms with Crippen molar-refractivity contribution >= 4 is 23.0 Å². The minimum absolute atomic E-state index is 0.186. The molecule has 28 nitrogen and oxygen atoms in total. The Morgan fingerprint density at radius 2 is 1.29 bits per heavy atom. The zero-order chi connectivity index (χ0) is 54.3. The Labute approximate surface area is 421 Å². The number of hydrogen-bond donors (Lipinski definition) is 16. The van der Waals surface area contributed by atoms with Gasteiger partial charge in [-0.05, 0) is 48.9 Å². The number of aromatic hydroxyl groups is 6. The van der Waals surface area contributed by atoms with Crippen LogP contribution in [0.3, 0.4) is 0 Å². The third-order valence-electron chi connectivity index (χ3n) is 12.8. The van der Waals surface area contributed by atoms with Crippen LogP contribution in [0.1, 0.15) is 12.5 Å². The van der Waals surface area contributed by atoms with E-state index in [0.29, 0.717) is 0 Å². The number of esters is 1. The summed E-state index contributed by atoms with van der Waals surface area (Å²) in [5, 5.41) is 169.